The third-order valence-corrected chi connectivity index (χ3v) is 3.29. The lowest BCUT2D eigenvalue weighted by molar-refractivity contribution is -0.127. The molecule has 0 unspecified atom stereocenters. The summed E-state index contributed by atoms with van der Waals surface area (Å²) < 4.78 is 0. The standard InChI is InChI=1S/C14H28N2O/c1-12(2)10-15-6-8-16(9-7-15)11-13(17)14(3,4)5/h12H,6-11H2,1-5H3. The fourth-order valence-corrected chi connectivity index (χ4v) is 2.09. The summed E-state index contributed by atoms with van der Waals surface area (Å²) >= 11 is 0. The molecule has 1 saturated heterocycles. The van der Waals surface area contributed by atoms with Crippen molar-refractivity contribution in [1.82, 2.24) is 9.80 Å². The Kier molecular flexibility index (Phi) is 5.14. The molecular weight excluding hydrogens is 212 g/mol. The van der Waals surface area contributed by atoms with E-state index in [4.69, 9.17) is 0 Å². The fourth-order valence-electron chi connectivity index (χ4n) is 2.09. The Hall–Kier alpha value is -0.410. The highest BCUT2D eigenvalue weighted by atomic mass is 16.1. The van der Waals surface area contributed by atoms with Crippen LogP contribution in [0.4, 0.5) is 0 Å². The van der Waals surface area contributed by atoms with Crippen molar-refractivity contribution in [1.29, 1.82) is 0 Å². The zero-order valence-corrected chi connectivity index (χ0v) is 12.1. The van der Waals surface area contributed by atoms with Gasteiger partial charge in [0.1, 0.15) is 0 Å². The maximum atomic E-state index is 11.9. The lowest BCUT2D eigenvalue weighted by Gasteiger charge is -2.36. The van der Waals surface area contributed by atoms with E-state index in [1.165, 1.54) is 6.54 Å². The van der Waals surface area contributed by atoms with Crippen LogP contribution in [0.15, 0.2) is 0 Å². The molecule has 1 fully saturated rings. The van der Waals surface area contributed by atoms with Crippen molar-refractivity contribution in [3.63, 3.8) is 0 Å². The van der Waals surface area contributed by atoms with Crippen LogP contribution in [0.3, 0.4) is 0 Å². The van der Waals surface area contributed by atoms with E-state index in [1.807, 2.05) is 20.8 Å². The monoisotopic (exact) mass is 240 g/mol. The Balaban J connectivity index is 2.30. The van der Waals surface area contributed by atoms with Crippen LogP contribution in [-0.2, 0) is 4.79 Å². The molecule has 3 heteroatoms. The number of Topliss-reactive ketones (excluding diaryl/α,β-unsaturated/α-hetero) is 1. The molecule has 0 saturated carbocycles. The maximum Gasteiger partial charge on any atom is 0.152 e. The number of ketones is 1. The van der Waals surface area contributed by atoms with Gasteiger partial charge in [-0.15, -0.1) is 0 Å². The van der Waals surface area contributed by atoms with E-state index in [9.17, 15) is 4.79 Å². The molecule has 0 aliphatic carbocycles. The quantitative estimate of drug-likeness (QED) is 0.749. The fraction of sp³-hybridized carbons (Fsp3) is 0.929. The van der Waals surface area contributed by atoms with Gasteiger partial charge in [-0.3, -0.25) is 9.69 Å². The number of carbonyl (C=O) groups is 1. The number of nitrogens with zero attached hydrogens (tertiary/aromatic N) is 2. The van der Waals surface area contributed by atoms with Crippen molar-refractivity contribution in [3.05, 3.63) is 0 Å². The van der Waals surface area contributed by atoms with E-state index >= 15 is 0 Å². The molecule has 1 heterocycles. The van der Waals surface area contributed by atoms with Crippen molar-refractivity contribution in [2.75, 3.05) is 39.3 Å². The second-order valence-electron chi connectivity index (χ2n) is 6.64. The number of hydrogen-bond acceptors (Lipinski definition) is 3. The molecule has 17 heavy (non-hydrogen) atoms. The van der Waals surface area contributed by atoms with Gasteiger partial charge in [0, 0.05) is 38.1 Å². The Labute approximate surface area is 106 Å². The maximum absolute atomic E-state index is 11.9. The molecule has 0 N–H and O–H groups in total. The Morgan fingerprint density at radius 1 is 1.06 bits per heavy atom. The van der Waals surface area contributed by atoms with Crippen molar-refractivity contribution < 1.29 is 4.79 Å². The summed E-state index contributed by atoms with van der Waals surface area (Å²) in [5.41, 5.74) is -0.199. The highest BCUT2D eigenvalue weighted by Crippen LogP contribution is 2.16. The van der Waals surface area contributed by atoms with E-state index in [1.54, 1.807) is 0 Å². The summed E-state index contributed by atoms with van der Waals surface area (Å²) in [6.45, 7) is 16.6. The molecule has 0 atom stereocenters. The Morgan fingerprint density at radius 2 is 1.53 bits per heavy atom. The first-order valence-corrected chi connectivity index (χ1v) is 6.77. The smallest absolute Gasteiger partial charge is 0.152 e. The minimum absolute atomic E-state index is 0.199. The third kappa shape index (κ3) is 5.17. The van der Waals surface area contributed by atoms with Crippen LogP contribution < -0.4 is 0 Å². The lowest BCUT2D eigenvalue weighted by Crippen LogP contribution is -2.49. The van der Waals surface area contributed by atoms with Crippen molar-refractivity contribution in [2.45, 2.75) is 34.6 Å². The van der Waals surface area contributed by atoms with Crippen LogP contribution in [0.1, 0.15) is 34.6 Å². The molecule has 0 aromatic heterocycles. The predicted octanol–water partition coefficient (Wildman–Crippen LogP) is 1.88. The minimum atomic E-state index is -0.199. The third-order valence-electron chi connectivity index (χ3n) is 3.29. The first-order valence-electron chi connectivity index (χ1n) is 6.77. The molecule has 0 aromatic rings. The van der Waals surface area contributed by atoms with Crippen LogP contribution in [0, 0.1) is 11.3 Å². The van der Waals surface area contributed by atoms with E-state index < -0.39 is 0 Å². The first-order chi connectivity index (χ1) is 7.79. The van der Waals surface area contributed by atoms with Crippen LogP contribution in [0.25, 0.3) is 0 Å². The van der Waals surface area contributed by atoms with E-state index in [2.05, 4.69) is 23.6 Å². The molecule has 0 amide bonds. The molecule has 3 nitrogen and oxygen atoms in total. The molecule has 1 rings (SSSR count). The van der Waals surface area contributed by atoms with Crippen LogP contribution >= 0.6 is 0 Å². The van der Waals surface area contributed by atoms with Gasteiger partial charge in [0.2, 0.25) is 0 Å². The van der Waals surface area contributed by atoms with Gasteiger partial charge < -0.3 is 4.90 Å². The van der Waals surface area contributed by atoms with Gasteiger partial charge in [-0.05, 0) is 5.92 Å². The molecule has 1 aliphatic heterocycles. The predicted molar refractivity (Wildman–Crippen MR) is 72.2 cm³/mol. The van der Waals surface area contributed by atoms with Gasteiger partial charge in [-0.2, -0.15) is 0 Å². The highest BCUT2D eigenvalue weighted by molar-refractivity contribution is 5.85. The molecule has 0 bridgehead atoms. The molecule has 100 valence electrons. The average Bonchev–Trinajstić information content (AvgIpc) is 2.18. The van der Waals surface area contributed by atoms with E-state index in [0.29, 0.717) is 12.3 Å². The summed E-state index contributed by atoms with van der Waals surface area (Å²) in [4.78, 5) is 16.7. The molecule has 1 aliphatic rings. The molecular formula is C14H28N2O. The largest absolute Gasteiger partial charge is 0.301 e. The topological polar surface area (TPSA) is 23.6 Å². The van der Waals surface area contributed by atoms with Gasteiger partial charge in [0.15, 0.2) is 5.78 Å². The highest BCUT2D eigenvalue weighted by Gasteiger charge is 2.25. The van der Waals surface area contributed by atoms with Crippen molar-refractivity contribution in [2.24, 2.45) is 11.3 Å². The van der Waals surface area contributed by atoms with Gasteiger partial charge >= 0.3 is 0 Å². The zero-order chi connectivity index (χ0) is 13.1. The summed E-state index contributed by atoms with van der Waals surface area (Å²) in [5, 5.41) is 0. The Morgan fingerprint density at radius 3 is 1.94 bits per heavy atom. The second kappa shape index (κ2) is 5.96. The van der Waals surface area contributed by atoms with Gasteiger partial charge in [0.25, 0.3) is 0 Å². The number of piperazine rings is 1. The van der Waals surface area contributed by atoms with Crippen LogP contribution in [-0.4, -0.2) is 54.9 Å². The summed E-state index contributed by atoms with van der Waals surface area (Å²) in [6, 6.07) is 0. The number of carbonyl (C=O) groups excluding carboxylic acids is 1. The molecule has 0 spiro atoms. The normalized spacial score (nSPS) is 19.9. The van der Waals surface area contributed by atoms with Crippen LogP contribution in [0.2, 0.25) is 0 Å². The number of rotatable bonds is 4. The van der Waals surface area contributed by atoms with Gasteiger partial charge in [0.05, 0.1) is 6.54 Å². The molecule has 0 radical (unpaired) electrons. The average molecular weight is 240 g/mol. The SMILES string of the molecule is CC(C)CN1CCN(CC(=O)C(C)(C)C)CC1. The second-order valence-corrected chi connectivity index (χ2v) is 6.64. The summed E-state index contributed by atoms with van der Waals surface area (Å²) in [6.07, 6.45) is 0. The van der Waals surface area contributed by atoms with Crippen LogP contribution in [0.5, 0.6) is 0 Å². The summed E-state index contributed by atoms with van der Waals surface area (Å²) in [7, 11) is 0. The van der Waals surface area contributed by atoms with E-state index in [-0.39, 0.29) is 5.41 Å². The molecule has 0 aromatic carbocycles. The van der Waals surface area contributed by atoms with E-state index in [0.717, 1.165) is 32.1 Å². The number of hydrogen-bond donors (Lipinski definition) is 0. The van der Waals surface area contributed by atoms with Gasteiger partial charge in [-0.25, -0.2) is 0 Å². The van der Waals surface area contributed by atoms with Crippen molar-refractivity contribution in [3.8, 4) is 0 Å². The van der Waals surface area contributed by atoms with Gasteiger partial charge in [-0.1, -0.05) is 34.6 Å². The zero-order valence-electron chi connectivity index (χ0n) is 12.1. The van der Waals surface area contributed by atoms with Crippen molar-refractivity contribution >= 4 is 5.78 Å². The lowest BCUT2D eigenvalue weighted by atomic mass is 9.90. The Bertz CT molecular complexity index is 247. The summed E-state index contributed by atoms with van der Waals surface area (Å²) in [5.74, 6) is 1.09. The minimum Gasteiger partial charge on any atom is -0.301 e. The first kappa shape index (κ1) is 14.7.